The van der Waals surface area contributed by atoms with E-state index in [0.717, 1.165) is 35.4 Å². The van der Waals surface area contributed by atoms with E-state index in [1.54, 1.807) is 0 Å². The maximum absolute atomic E-state index is 13.3. The predicted molar refractivity (Wildman–Crippen MR) is 116 cm³/mol. The van der Waals surface area contributed by atoms with Crippen LogP contribution in [0.4, 0.5) is 5.69 Å². The summed E-state index contributed by atoms with van der Waals surface area (Å²) >= 11 is 0. The van der Waals surface area contributed by atoms with Gasteiger partial charge in [0.2, 0.25) is 0 Å². The Morgan fingerprint density at radius 2 is 1.66 bits per heavy atom. The van der Waals surface area contributed by atoms with Crippen LogP contribution in [0.2, 0.25) is 0 Å². The van der Waals surface area contributed by atoms with Gasteiger partial charge in [0.05, 0.1) is 12.2 Å². The minimum Gasteiger partial charge on any atom is -0.494 e. The van der Waals surface area contributed by atoms with Gasteiger partial charge in [0.1, 0.15) is 11.9 Å². The number of benzene rings is 3. The summed E-state index contributed by atoms with van der Waals surface area (Å²) in [6.45, 7) is 3.44. The molecular weight excluding hydrogens is 360 g/mol. The number of fused-ring (bicyclic) bond motifs is 1. The van der Waals surface area contributed by atoms with Gasteiger partial charge >= 0.3 is 0 Å². The zero-order valence-electron chi connectivity index (χ0n) is 16.7. The second-order valence-electron chi connectivity index (χ2n) is 7.24. The third-order valence-corrected chi connectivity index (χ3v) is 5.18. The Morgan fingerprint density at radius 1 is 0.931 bits per heavy atom. The summed E-state index contributed by atoms with van der Waals surface area (Å²) in [5.41, 5.74) is 3.87. The number of para-hydroxylation sites is 1. The van der Waals surface area contributed by atoms with Gasteiger partial charge in [-0.3, -0.25) is 4.79 Å². The Labute approximate surface area is 172 Å². The van der Waals surface area contributed by atoms with Crippen LogP contribution in [0.15, 0.2) is 78.9 Å². The molecule has 1 amide bonds. The van der Waals surface area contributed by atoms with Crippen LogP contribution in [0.3, 0.4) is 0 Å². The Kier molecular flexibility index (Phi) is 5.80. The summed E-state index contributed by atoms with van der Waals surface area (Å²) in [7, 11) is 0. The van der Waals surface area contributed by atoms with E-state index in [4.69, 9.17) is 4.74 Å². The summed E-state index contributed by atoms with van der Waals surface area (Å²) in [6.07, 6.45) is 1.58. The average molecular weight is 386 g/mol. The van der Waals surface area contributed by atoms with Crippen molar-refractivity contribution in [1.29, 1.82) is 0 Å². The number of nitrogens with zero attached hydrogens (tertiary/aromatic N) is 1. The van der Waals surface area contributed by atoms with E-state index in [-0.39, 0.29) is 12.1 Å². The molecule has 1 atom stereocenters. The van der Waals surface area contributed by atoms with Crippen LogP contribution in [0, 0.1) is 0 Å². The number of carbonyl (C=O) groups is 1. The summed E-state index contributed by atoms with van der Waals surface area (Å²) in [4.78, 5) is 15.2. The number of ether oxygens (including phenoxy) is 1. The quantitative estimate of drug-likeness (QED) is 0.600. The highest BCUT2D eigenvalue weighted by molar-refractivity contribution is 6.01. The van der Waals surface area contributed by atoms with Crippen LogP contribution in [-0.2, 0) is 6.42 Å². The molecule has 1 unspecified atom stereocenters. The molecule has 0 saturated heterocycles. The van der Waals surface area contributed by atoms with Gasteiger partial charge in [-0.2, -0.15) is 0 Å². The Bertz CT molecular complexity index is 954. The molecule has 3 aromatic carbocycles. The molecule has 1 aliphatic rings. The van der Waals surface area contributed by atoms with E-state index in [1.807, 2.05) is 71.6 Å². The first kappa shape index (κ1) is 19.1. The zero-order valence-corrected chi connectivity index (χ0v) is 16.7. The number of hydrogen-bond donors (Lipinski definition) is 1. The zero-order chi connectivity index (χ0) is 20.1. The SMILES string of the molecule is CCCOc1ccc(C2Nc3ccccc3C(=O)N2CCc2ccccc2)cc1. The molecule has 4 heteroatoms. The number of hydrogen-bond acceptors (Lipinski definition) is 3. The van der Waals surface area contributed by atoms with Crippen LogP contribution in [0.5, 0.6) is 5.75 Å². The van der Waals surface area contributed by atoms with Crippen molar-refractivity contribution >= 4 is 11.6 Å². The molecule has 0 fully saturated rings. The van der Waals surface area contributed by atoms with Gasteiger partial charge in [-0.15, -0.1) is 0 Å². The summed E-state index contributed by atoms with van der Waals surface area (Å²) < 4.78 is 5.71. The number of rotatable bonds is 7. The van der Waals surface area contributed by atoms with Crippen molar-refractivity contribution in [2.75, 3.05) is 18.5 Å². The predicted octanol–water partition coefficient (Wildman–Crippen LogP) is 5.28. The maximum Gasteiger partial charge on any atom is 0.257 e. The van der Waals surface area contributed by atoms with Crippen molar-refractivity contribution in [2.45, 2.75) is 25.9 Å². The average Bonchev–Trinajstić information content (AvgIpc) is 2.78. The van der Waals surface area contributed by atoms with Crippen LogP contribution in [-0.4, -0.2) is 24.0 Å². The van der Waals surface area contributed by atoms with Gasteiger partial charge in [-0.05, 0) is 48.2 Å². The van der Waals surface area contributed by atoms with Crippen LogP contribution in [0.25, 0.3) is 0 Å². The third kappa shape index (κ3) is 4.27. The fourth-order valence-electron chi connectivity index (χ4n) is 3.65. The Hall–Kier alpha value is -3.27. The summed E-state index contributed by atoms with van der Waals surface area (Å²) in [6, 6.07) is 26.0. The van der Waals surface area contributed by atoms with Gasteiger partial charge in [0.15, 0.2) is 0 Å². The lowest BCUT2D eigenvalue weighted by atomic mass is 10.0. The fraction of sp³-hybridized carbons (Fsp3) is 0.240. The standard InChI is InChI=1S/C25H26N2O2/c1-2-18-29-21-14-12-20(13-15-21)24-26-23-11-7-6-10-22(23)25(28)27(24)17-16-19-8-4-3-5-9-19/h3-15,24,26H,2,16-18H2,1H3. The molecule has 0 bridgehead atoms. The van der Waals surface area contributed by atoms with Gasteiger partial charge in [-0.25, -0.2) is 0 Å². The van der Waals surface area contributed by atoms with E-state index in [9.17, 15) is 4.79 Å². The lowest BCUT2D eigenvalue weighted by Gasteiger charge is -2.38. The fourth-order valence-corrected chi connectivity index (χ4v) is 3.65. The largest absolute Gasteiger partial charge is 0.494 e. The third-order valence-electron chi connectivity index (χ3n) is 5.18. The van der Waals surface area contributed by atoms with Crippen molar-refractivity contribution in [2.24, 2.45) is 0 Å². The summed E-state index contributed by atoms with van der Waals surface area (Å²) in [5, 5.41) is 3.56. The molecule has 0 saturated carbocycles. The maximum atomic E-state index is 13.3. The van der Waals surface area contributed by atoms with E-state index in [2.05, 4.69) is 24.4 Å². The van der Waals surface area contributed by atoms with Gasteiger partial charge in [0.25, 0.3) is 5.91 Å². The first-order valence-electron chi connectivity index (χ1n) is 10.2. The van der Waals surface area contributed by atoms with Crippen LogP contribution >= 0.6 is 0 Å². The smallest absolute Gasteiger partial charge is 0.257 e. The van der Waals surface area contributed by atoms with Crippen molar-refractivity contribution in [3.8, 4) is 5.75 Å². The highest BCUT2D eigenvalue weighted by atomic mass is 16.5. The molecule has 0 spiro atoms. The monoisotopic (exact) mass is 386 g/mol. The first-order chi connectivity index (χ1) is 14.3. The van der Waals surface area contributed by atoms with Gasteiger partial charge in [-0.1, -0.05) is 61.5 Å². The molecule has 0 aliphatic carbocycles. The first-order valence-corrected chi connectivity index (χ1v) is 10.2. The molecule has 29 heavy (non-hydrogen) atoms. The normalized spacial score (nSPS) is 15.6. The van der Waals surface area contributed by atoms with Gasteiger partial charge < -0.3 is 15.0 Å². The number of carbonyl (C=O) groups excluding carboxylic acids is 1. The Balaban J connectivity index is 1.60. The van der Waals surface area contributed by atoms with Crippen LogP contribution in [0.1, 0.15) is 41.0 Å². The number of anilines is 1. The number of nitrogens with one attached hydrogen (secondary N) is 1. The minimum absolute atomic E-state index is 0.0617. The summed E-state index contributed by atoms with van der Waals surface area (Å²) in [5.74, 6) is 0.917. The molecule has 3 aromatic rings. The highest BCUT2D eigenvalue weighted by Crippen LogP contribution is 2.33. The second-order valence-corrected chi connectivity index (χ2v) is 7.24. The van der Waals surface area contributed by atoms with Crippen molar-refractivity contribution in [1.82, 2.24) is 4.90 Å². The lowest BCUT2D eigenvalue weighted by molar-refractivity contribution is 0.0685. The molecule has 0 radical (unpaired) electrons. The second kappa shape index (κ2) is 8.82. The van der Waals surface area contributed by atoms with Crippen molar-refractivity contribution in [3.05, 3.63) is 95.6 Å². The molecule has 1 aliphatic heterocycles. The molecule has 4 rings (SSSR count). The highest BCUT2D eigenvalue weighted by Gasteiger charge is 2.32. The number of amides is 1. The molecular formula is C25H26N2O2. The van der Waals surface area contributed by atoms with Crippen LogP contribution < -0.4 is 10.1 Å². The van der Waals surface area contributed by atoms with E-state index >= 15 is 0 Å². The van der Waals surface area contributed by atoms with Gasteiger partial charge in [0, 0.05) is 12.2 Å². The molecule has 1 N–H and O–H groups in total. The lowest BCUT2D eigenvalue weighted by Crippen LogP contribution is -2.43. The molecule has 4 nitrogen and oxygen atoms in total. The molecule has 1 heterocycles. The Morgan fingerprint density at radius 3 is 2.41 bits per heavy atom. The van der Waals surface area contributed by atoms with E-state index in [0.29, 0.717) is 13.2 Å². The van der Waals surface area contributed by atoms with Crippen molar-refractivity contribution < 1.29 is 9.53 Å². The molecule has 148 valence electrons. The molecule has 0 aromatic heterocycles. The van der Waals surface area contributed by atoms with E-state index < -0.39 is 0 Å². The minimum atomic E-state index is -0.207. The topological polar surface area (TPSA) is 41.6 Å². The van der Waals surface area contributed by atoms with E-state index in [1.165, 1.54) is 5.56 Å². The van der Waals surface area contributed by atoms with Crippen molar-refractivity contribution in [3.63, 3.8) is 0 Å².